The Balaban J connectivity index is 2.57. The lowest BCUT2D eigenvalue weighted by atomic mass is 9.95. The second kappa shape index (κ2) is 6.24. The van der Waals surface area contributed by atoms with Crippen molar-refractivity contribution in [3.63, 3.8) is 0 Å². The van der Waals surface area contributed by atoms with Gasteiger partial charge >= 0.3 is 0 Å². The average molecular weight is 268 g/mol. The zero-order valence-corrected chi connectivity index (χ0v) is 12.3. The minimum atomic E-state index is -0.514. The fraction of sp³-hybridized carbons (Fsp3) is 0.533. The summed E-state index contributed by atoms with van der Waals surface area (Å²) in [5, 5.41) is 2.92. The zero-order chi connectivity index (χ0) is 13.8. The van der Waals surface area contributed by atoms with Crippen LogP contribution in [-0.4, -0.2) is 11.8 Å². The van der Waals surface area contributed by atoms with Crippen LogP contribution < -0.4 is 5.32 Å². The van der Waals surface area contributed by atoms with Crippen LogP contribution in [0.15, 0.2) is 24.3 Å². The summed E-state index contributed by atoms with van der Waals surface area (Å²) in [4.78, 5) is 11.8. The monoisotopic (exact) mass is 267 g/mol. The Morgan fingerprint density at radius 3 is 2.28 bits per heavy atom. The molecule has 0 aromatic heterocycles. The molecule has 100 valence electrons. The fourth-order valence-electron chi connectivity index (χ4n) is 1.50. The van der Waals surface area contributed by atoms with Crippen LogP contribution >= 0.6 is 11.6 Å². The number of nitrogens with one attached hydrogen (secondary N) is 1. The van der Waals surface area contributed by atoms with Crippen LogP contribution in [0.4, 0.5) is 0 Å². The molecule has 0 saturated carbocycles. The number of halogens is 1. The molecule has 1 rings (SSSR count). The number of hydrogen-bond donors (Lipinski definition) is 1. The Morgan fingerprint density at radius 2 is 1.83 bits per heavy atom. The summed E-state index contributed by atoms with van der Waals surface area (Å²) in [6.07, 6.45) is 0. The maximum Gasteiger partial charge on any atom is 0.227 e. The van der Waals surface area contributed by atoms with E-state index >= 15 is 0 Å². The maximum atomic E-state index is 11.8. The Labute approximate surface area is 115 Å². The first-order valence-corrected chi connectivity index (χ1v) is 6.83. The number of carbonyl (C=O) groups excluding carboxylic acids is 1. The normalized spacial score (nSPS) is 11.7. The predicted molar refractivity (Wildman–Crippen MR) is 76.9 cm³/mol. The number of rotatable bonds is 5. The van der Waals surface area contributed by atoms with E-state index in [0.717, 1.165) is 5.56 Å². The molecule has 0 aliphatic rings. The zero-order valence-electron chi connectivity index (χ0n) is 11.6. The van der Waals surface area contributed by atoms with Gasteiger partial charge in [-0.15, -0.1) is 11.6 Å². The number of alkyl halides is 1. The third-order valence-electron chi connectivity index (χ3n) is 3.05. The van der Waals surface area contributed by atoms with Crippen molar-refractivity contribution in [3.05, 3.63) is 35.4 Å². The molecule has 1 aromatic rings. The van der Waals surface area contributed by atoms with Crippen LogP contribution in [0, 0.1) is 5.41 Å². The van der Waals surface area contributed by atoms with Crippen LogP contribution in [0.25, 0.3) is 0 Å². The Morgan fingerprint density at radius 1 is 1.28 bits per heavy atom. The van der Waals surface area contributed by atoms with Crippen LogP contribution in [0.3, 0.4) is 0 Å². The number of benzene rings is 1. The van der Waals surface area contributed by atoms with Gasteiger partial charge in [0, 0.05) is 12.4 Å². The molecule has 0 bridgehead atoms. The molecule has 18 heavy (non-hydrogen) atoms. The van der Waals surface area contributed by atoms with Crippen LogP contribution in [0.1, 0.15) is 44.7 Å². The van der Waals surface area contributed by atoms with Crippen LogP contribution in [-0.2, 0) is 11.3 Å². The Hall–Kier alpha value is -1.02. The van der Waals surface area contributed by atoms with Crippen molar-refractivity contribution in [1.29, 1.82) is 0 Å². The molecule has 0 radical (unpaired) electrons. The van der Waals surface area contributed by atoms with E-state index in [9.17, 15) is 4.79 Å². The van der Waals surface area contributed by atoms with E-state index in [0.29, 0.717) is 18.3 Å². The molecule has 0 unspecified atom stereocenters. The molecule has 0 spiro atoms. The highest BCUT2D eigenvalue weighted by Crippen LogP contribution is 2.18. The maximum absolute atomic E-state index is 11.8. The van der Waals surface area contributed by atoms with Gasteiger partial charge in [-0.1, -0.05) is 38.1 Å². The van der Waals surface area contributed by atoms with Crippen LogP contribution in [0.2, 0.25) is 0 Å². The second-order valence-corrected chi connectivity index (χ2v) is 5.86. The molecular weight excluding hydrogens is 246 g/mol. The van der Waals surface area contributed by atoms with E-state index in [1.807, 2.05) is 13.8 Å². The van der Waals surface area contributed by atoms with Crippen molar-refractivity contribution in [2.45, 2.75) is 40.2 Å². The van der Waals surface area contributed by atoms with E-state index in [1.165, 1.54) is 5.56 Å². The Kier molecular flexibility index (Phi) is 5.21. The van der Waals surface area contributed by atoms with Gasteiger partial charge in [0.15, 0.2) is 0 Å². The molecule has 0 heterocycles. The topological polar surface area (TPSA) is 29.1 Å². The molecule has 1 N–H and O–H groups in total. The van der Waals surface area contributed by atoms with E-state index < -0.39 is 5.41 Å². The predicted octanol–water partition coefficient (Wildman–Crippen LogP) is 3.69. The highest BCUT2D eigenvalue weighted by Gasteiger charge is 2.25. The summed E-state index contributed by atoms with van der Waals surface area (Å²) >= 11 is 5.76. The molecule has 0 aliphatic carbocycles. The second-order valence-electron chi connectivity index (χ2n) is 5.60. The largest absolute Gasteiger partial charge is 0.352 e. The molecule has 3 heteroatoms. The summed E-state index contributed by atoms with van der Waals surface area (Å²) < 4.78 is 0. The highest BCUT2D eigenvalue weighted by atomic mass is 35.5. The molecule has 1 aromatic carbocycles. The lowest BCUT2D eigenvalue weighted by molar-refractivity contribution is -0.128. The van der Waals surface area contributed by atoms with Gasteiger partial charge < -0.3 is 5.32 Å². The van der Waals surface area contributed by atoms with Gasteiger partial charge in [-0.2, -0.15) is 0 Å². The van der Waals surface area contributed by atoms with Crippen molar-refractivity contribution in [1.82, 2.24) is 5.32 Å². The van der Waals surface area contributed by atoms with Gasteiger partial charge in [0.1, 0.15) is 0 Å². The van der Waals surface area contributed by atoms with Crippen molar-refractivity contribution >= 4 is 17.5 Å². The first-order chi connectivity index (χ1) is 8.36. The first-order valence-electron chi connectivity index (χ1n) is 6.30. The van der Waals surface area contributed by atoms with E-state index in [-0.39, 0.29) is 5.91 Å². The third-order valence-corrected chi connectivity index (χ3v) is 3.72. The molecule has 1 amide bonds. The molecule has 0 saturated heterocycles. The summed E-state index contributed by atoms with van der Waals surface area (Å²) in [5.41, 5.74) is 1.91. The Bertz CT molecular complexity index is 395. The molecule has 0 atom stereocenters. The first kappa shape index (κ1) is 15.0. The van der Waals surface area contributed by atoms with Gasteiger partial charge in [0.2, 0.25) is 5.91 Å². The van der Waals surface area contributed by atoms with Gasteiger partial charge in [-0.3, -0.25) is 4.79 Å². The third kappa shape index (κ3) is 4.02. The van der Waals surface area contributed by atoms with Gasteiger partial charge in [0.25, 0.3) is 0 Å². The van der Waals surface area contributed by atoms with E-state index in [4.69, 9.17) is 11.6 Å². The molecule has 0 aliphatic heterocycles. The fourth-order valence-corrected chi connectivity index (χ4v) is 1.62. The lowest BCUT2D eigenvalue weighted by Gasteiger charge is -2.20. The minimum Gasteiger partial charge on any atom is -0.352 e. The van der Waals surface area contributed by atoms with Gasteiger partial charge in [-0.25, -0.2) is 0 Å². The highest BCUT2D eigenvalue weighted by molar-refractivity contribution is 6.19. The molecule has 2 nitrogen and oxygen atoms in total. The average Bonchev–Trinajstić information content (AvgIpc) is 2.36. The van der Waals surface area contributed by atoms with E-state index in [2.05, 4.69) is 43.4 Å². The number of hydrogen-bond acceptors (Lipinski definition) is 1. The summed E-state index contributed by atoms with van der Waals surface area (Å²) in [6.45, 7) is 8.57. The van der Waals surface area contributed by atoms with Crippen molar-refractivity contribution in [2.75, 3.05) is 5.88 Å². The standard InChI is InChI=1S/C15H22ClNO/c1-11(2)13-7-5-12(6-8-13)9-17-14(18)15(3,4)10-16/h5-8,11H,9-10H2,1-4H3,(H,17,18). The van der Waals surface area contributed by atoms with E-state index in [1.54, 1.807) is 0 Å². The van der Waals surface area contributed by atoms with Gasteiger partial charge in [0.05, 0.1) is 5.41 Å². The molecular formula is C15H22ClNO. The van der Waals surface area contributed by atoms with Crippen molar-refractivity contribution in [2.24, 2.45) is 5.41 Å². The summed E-state index contributed by atoms with van der Waals surface area (Å²) in [7, 11) is 0. The molecule has 0 fully saturated rings. The quantitative estimate of drug-likeness (QED) is 0.810. The minimum absolute atomic E-state index is 0.00886. The number of amides is 1. The number of carbonyl (C=O) groups is 1. The summed E-state index contributed by atoms with van der Waals surface area (Å²) in [6, 6.07) is 8.34. The lowest BCUT2D eigenvalue weighted by Crippen LogP contribution is -2.37. The SMILES string of the molecule is CC(C)c1ccc(CNC(=O)C(C)(C)CCl)cc1. The smallest absolute Gasteiger partial charge is 0.227 e. The van der Waals surface area contributed by atoms with Crippen LogP contribution in [0.5, 0.6) is 0 Å². The van der Waals surface area contributed by atoms with Gasteiger partial charge in [-0.05, 0) is 30.9 Å². The van der Waals surface area contributed by atoms with Crippen molar-refractivity contribution < 1.29 is 4.79 Å². The summed E-state index contributed by atoms with van der Waals surface area (Å²) in [5.74, 6) is 0.847. The van der Waals surface area contributed by atoms with Crippen molar-refractivity contribution in [3.8, 4) is 0 Å².